The van der Waals surface area contributed by atoms with Crippen molar-refractivity contribution < 1.29 is 9.53 Å². The number of nitrogens with zero attached hydrogens (tertiary/aromatic N) is 3. The van der Waals surface area contributed by atoms with Crippen molar-refractivity contribution in [2.45, 2.75) is 25.8 Å². The Morgan fingerprint density at radius 2 is 1.90 bits per heavy atom. The second-order valence-corrected chi connectivity index (χ2v) is 7.64. The molecule has 0 spiro atoms. The molecule has 2 heterocycles. The predicted molar refractivity (Wildman–Crippen MR) is 116 cm³/mol. The lowest BCUT2D eigenvalue weighted by Crippen LogP contribution is -2.25. The SMILES string of the molecule is COc1ccccc1-c1nnc2cc(-c3cc(C(=O)NC4CC4)ccc3C)ccn12. The molecule has 0 saturated heterocycles. The van der Waals surface area contributed by atoms with Gasteiger partial charge in [0, 0.05) is 17.8 Å². The standard InChI is InChI=1S/C24H22N4O2/c1-15-7-8-17(24(29)25-18-9-10-18)13-20(15)16-11-12-28-22(14-16)26-27-23(28)19-5-3-4-6-21(19)30-2/h3-8,11-14,18H,9-10H2,1-2H3,(H,25,29). The van der Waals surface area contributed by atoms with Crippen LogP contribution in [-0.4, -0.2) is 33.7 Å². The van der Waals surface area contributed by atoms with Crippen LogP contribution in [0.4, 0.5) is 0 Å². The summed E-state index contributed by atoms with van der Waals surface area (Å²) in [7, 11) is 1.65. The van der Waals surface area contributed by atoms with Gasteiger partial charge in [0.2, 0.25) is 0 Å². The first-order valence-electron chi connectivity index (χ1n) is 10.0. The minimum absolute atomic E-state index is 0.0132. The maximum atomic E-state index is 12.5. The first-order chi connectivity index (χ1) is 14.6. The Morgan fingerprint density at radius 1 is 1.07 bits per heavy atom. The molecule has 4 aromatic rings. The molecule has 5 rings (SSSR count). The number of rotatable bonds is 5. The lowest BCUT2D eigenvalue weighted by molar-refractivity contribution is 0.0951. The molecule has 6 heteroatoms. The van der Waals surface area contributed by atoms with Gasteiger partial charge in [0.1, 0.15) is 5.75 Å². The summed E-state index contributed by atoms with van der Waals surface area (Å²) in [4.78, 5) is 12.5. The van der Waals surface area contributed by atoms with Crippen molar-refractivity contribution in [3.8, 4) is 28.3 Å². The number of ether oxygens (including phenoxy) is 1. The van der Waals surface area contributed by atoms with Crippen LogP contribution in [0.15, 0.2) is 60.8 Å². The van der Waals surface area contributed by atoms with Gasteiger partial charge < -0.3 is 10.1 Å². The summed E-state index contributed by atoms with van der Waals surface area (Å²) in [6.45, 7) is 2.05. The van der Waals surface area contributed by atoms with E-state index < -0.39 is 0 Å². The number of nitrogens with one attached hydrogen (secondary N) is 1. The van der Waals surface area contributed by atoms with Gasteiger partial charge in [0.15, 0.2) is 11.5 Å². The van der Waals surface area contributed by atoms with Crippen molar-refractivity contribution in [1.82, 2.24) is 19.9 Å². The number of benzene rings is 2. The Balaban J connectivity index is 1.54. The van der Waals surface area contributed by atoms with Crippen LogP contribution >= 0.6 is 0 Å². The Morgan fingerprint density at radius 3 is 2.70 bits per heavy atom. The van der Waals surface area contributed by atoms with Gasteiger partial charge in [-0.1, -0.05) is 18.2 Å². The lowest BCUT2D eigenvalue weighted by Gasteiger charge is -2.11. The van der Waals surface area contributed by atoms with E-state index >= 15 is 0 Å². The number of fused-ring (bicyclic) bond motifs is 1. The molecule has 0 atom stereocenters. The molecule has 0 aliphatic heterocycles. The summed E-state index contributed by atoms with van der Waals surface area (Å²) in [5.74, 6) is 1.46. The van der Waals surface area contributed by atoms with Crippen molar-refractivity contribution in [1.29, 1.82) is 0 Å². The quantitative estimate of drug-likeness (QED) is 0.545. The lowest BCUT2D eigenvalue weighted by atomic mass is 9.98. The monoisotopic (exact) mass is 398 g/mol. The molecular formula is C24H22N4O2. The van der Waals surface area contributed by atoms with Crippen LogP contribution in [0.5, 0.6) is 5.75 Å². The number of aromatic nitrogens is 3. The Labute approximate surface area is 174 Å². The summed E-state index contributed by atoms with van der Waals surface area (Å²) in [5, 5.41) is 11.8. The van der Waals surface area contributed by atoms with Gasteiger partial charge in [-0.05, 0) is 72.9 Å². The molecule has 2 aromatic heterocycles. The van der Waals surface area contributed by atoms with E-state index in [1.807, 2.05) is 72.1 Å². The van der Waals surface area contributed by atoms with Crippen LogP contribution in [0, 0.1) is 6.92 Å². The number of carbonyl (C=O) groups is 1. The highest BCUT2D eigenvalue weighted by atomic mass is 16.5. The molecule has 1 aliphatic carbocycles. The van der Waals surface area contributed by atoms with Crippen molar-refractivity contribution >= 4 is 11.6 Å². The first kappa shape index (κ1) is 18.4. The minimum atomic E-state index is -0.0132. The molecule has 1 fully saturated rings. The maximum Gasteiger partial charge on any atom is 0.251 e. The Kier molecular flexibility index (Phi) is 4.47. The third-order valence-corrected chi connectivity index (χ3v) is 5.48. The van der Waals surface area contributed by atoms with Gasteiger partial charge in [0.25, 0.3) is 5.91 Å². The highest BCUT2D eigenvalue weighted by Crippen LogP contribution is 2.31. The molecule has 0 unspecified atom stereocenters. The highest BCUT2D eigenvalue weighted by Gasteiger charge is 2.24. The topological polar surface area (TPSA) is 68.5 Å². The van der Waals surface area contributed by atoms with Crippen molar-refractivity contribution in [2.24, 2.45) is 0 Å². The number of hydrogen-bond donors (Lipinski definition) is 1. The summed E-state index contributed by atoms with van der Waals surface area (Å²) in [6.07, 6.45) is 4.11. The molecule has 6 nitrogen and oxygen atoms in total. The van der Waals surface area contributed by atoms with Crippen LogP contribution in [0.25, 0.3) is 28.2 Å². The van der Waals surface area contributed by atoms with E-state index in [0.29, 0.717) is 11.6 Å². The molecule has 1 N–H and O–H groups in total. The zero-order chi connectivity index (χ0) is 20.7. The highest BCUT2D eigenvalue weighted by molar-refractivity contribution is 5.96. The van der Waals surface area contributed by atoms with E-state index in [-0.39, 0.29) is 5.91 Å². The normalized spacial score (nSPS) is 13.4. The average Bonchev–Trinajstić information content (AvgIpc) is 3.49. The van der Waals surface area contributed by atoms with E-state index in [9.17, 15) is 4.79 Å². The van der Waals surface area contributed by atoms with Gasteiger partial charge in [-0.25, -0.2) is 0 Å². The van der Waals surface area contributed by atoms with Crippen LogP contribution in [-0.2, 0) is 0 Å². The smallest absolute Gasteiger partial charge is 0.251 e. The zero-order valence-electron chi connectivity index (χ0n) is 16.9. The predicted octanol–water partition coefficient (Wildman–Crippen LogP) is 4.27. The molecule has 2 aromatic carbocycles. The van der Waals surface area contributed by atoms with E-state index in [0.717, 1.165) is 52.3 Å². The number of para-hydroxylation sites is 1. The fraction of sp³-hybridized carbons (Fsp3) is 0.208. The van der Waals surface area contributed by atoms with Crippen molar-refractivity contribution in [3.05, 3.63) is 71.9 Å². The number of carbonyl (C=O) groups excluding carboxylic acids is 1. The van der Waals surface area contributed by atoms with Crippen molar-refractivity contribution in [3.63, 3.8) is 0 Å². The second-order valence-electron chi connectivity index (χ2n) is 7.64. The van der Waals surface area contributed by atoms with E-state index in [4.69, 9.17) is 4.74 Å². The Bertz CT molecular complexity index is 1260. The fourth-order valence-electron chi connectivity index (χ4n) is 3.64. The van der Waals surface area contributed by atoms with Gasteiger partial charge in [0.05, 0.1) is 12.7 Å². The van der Waals surface area contributed by atoms with Gasteiger partial charge in [-0.2, -0.15) is 0 Å². The van der Waals surface area contributed by atoms with E-state index in [2.05, 4.69) is 15.5 Å². The van der Waals surface area contributed by atoms with Crippen molar-refractivity contribution in [2.75, 3.05) is 7.11 Å². The number of amides is 1. The van der Waals surface area contributed by atoms with Crippen LogP contribution in [0.1, 0.15) is 28.8 Å². The first-order valence-corrected chi connectivity index (χ1v) is 10.0. The summed E-state index contributed by atoms with van der Waals surface area (Å²) < 4.78 is 7.42. The number of hydrogen-bond acceptors (Lipinski definition) is 4. The molecule has 1 saturated carbocycles. The van der Waals surface area contributed by atoms with Gasteiger partial charge in [-0.15, -0.1) is 10.2 Å². The van der Waals surface area contributed by atoms with Crippen LogP contribution < -0.4 is 10.1 Å². The Hall–Kier alpha value is -3.67. The molecule has 1 aliphatic rings. The van der Waals surface area contributed by atoms with Crippen LogP contribution in [0.3, 0.4) is 0 Å². The molecule has 1 amide bonds. The molecule has 0 radical (unpaired) electrons. The minimum Gasteiger partial charge on any atom is -0.496 e. The maximum absolute atomic E-state index is 12.5. The van der Waals surface area contributed by atoms with E-state index in [1.165, 1.54) is 0 Å². The third kappa shape index (κ3) is 3.30. The summed E-state index contributed by atoms with van der Waals surface area (Å²) >= 11 is 0. The molecule has 150 valence electrons. The average molecular weight is 398 g/mol. The largest absolute Gasteiger partial charge is 0.496 e. The fourth-order valence-corrected chi connectivity index (χ4v) is 3.64. The van der Waals surface area contributed by atoms with Gasteiger partial charge >= 0.3 is 0 Å². The number of pyridine rings is 1. The molecule has 30 heavy (non-hydrogen) atoms. The summed E-state index contributed by atoms with van der Waals surface area (Å²) in [6, 6.07) is 17.9. The zero-order valence-corrected chi connectivity index (χ0v) is 16.9. The molecule has 0 bridgehead atoms. The molecular weight excluding hydrogens is 376 g/mol. The third-order valence-electron chi connectivity index (χ3n) is 5.48. The summed E-state index contributed by atoms with van der Waals surface area (Å²) in [5.41, 5.74) is 5.42. The van der Waals surface area contributed by atoms with Gasteiger partial charge in [-0.3, -0.25) is 9.20 Å². The van der Waals surface area contributed by atoms with Crippen LogP contribution in [0.2, 0.25) is 0 Å². The number of aryl methyl sites for hydroxylation is 1. The van der Waals surface area contributed by atoms with E-state index in [1.54, 1.807) is 7.11 Å². The second kappa shape index (κ2) is 7.30. The number of methoxy groups -OCH3 is 1.